The minimum atomic E-state index is -0.553. The zero-order valence-corrected chi connectivity index (χ0v) is 11.3. The largest absolute Gasteiger partial charge is 0.507 e. The van der Waals surface area contributed by atoms with Crippen molar-refractivity contribution in [1.29, 1.82) is 0 Å². The van der Waals surface area contributed by atoms with E-state index in [1.54, 1.807) is 6.92 Å². The lowest BCUT2D eigenvalue weighted by Gasteiger charge is -2.20. The number of fused-ring (bicyclic) bond motifs is 2. The number of methoxy groups -OCH3 is 1. The van der Waals surface area contributed by atoms with Crippen LogP contribution in [0.4, 0.5) is 0 Å². The Balaban J connectivity index is 2.38. The molecule has 1 aromatic carbocycles. The highest BCUT2D eigenvalue weighted by Gasteiger charge is 2.36. The van der Waals surface area contributed by atoms with Crippen LogP contribution in [0, 0.1) is 6.92 Å². The molecule has 3 rings (SSSR count). The fourth-order valence-electron chi connectivity index (χ4n) is 2.44. The molecule has 0 saturated heterocycles. The highest BCUT2D eigenvalue weighted by Crippen LogP contribution is 2.43. The molecule has 1 aliphatic rings. The molecule has 0 spiro atoms. The number of phenols is 2. The van der Waals surface area contributed by atoms with E-state index in [0.29, 0.717) is 5.69 Å². The maximum atomic E-state index is 12.5. The Morgan fingerprint density at radius 3 is 2.38 bits per heavy atom. The molecule has 6 nitrogen and oxygen atoms in total. The van der Waals surface area contributed by atoms with Crippen molar-refractivity contribution in [1.82, 2.24) is 4.98 Å². The SMILES string of the molecule is COc1cc(O)c2c(c1O)C(=O)c1cc(C)ncc1C2=O. The lowest BCUT2D eigenvalue weighted by molar-refractivity contribution is 0.0973. The van der Waals surface area contributed by atoms with Gasteiger partial charge in [-0.15, -0.1) is 0 Å². The summed E-state index contributed by atoms with van der Waals surface area (Å²) in [5, 5.41) is 20.1. The number of pyridine rings is 1. The molecule has 1 heterocycles. The van der Waals surface area contributed by atoms with Gasteiger partial charge >= 0.3 is 0 Å². The van der Waals surface area contributed by atoms with Gasteiger partial charge in [0.1, 0.15) is 5.75 Å². The highest BCUT2D eigenvalue weighted by atomic mass is 16.5. The van der Waals surface area contributed by atoms with Crippen molar-refractivity contribution >= 4 is 11.6 Å². The molecule has 0 unspecified atom stereocenters. The summed E-state index contributed by atoms with van der Waals surface area (Å²) in [5.74, 6) is -2.03. The number of carbonyl (C=O) groups is 2. The van der Waals surface area contributed by atoms with E-state index in [0.717, 1.165) is 6.07 Å². The van der Waals surface area contributed by atoms with Crippen molar-refractivity contribution in [3.8, 4) is 17.2 Å². The molecule has 0 radical (unpaired) electrons. The Kier molecular flexibility index (Phi) is 2.69. The summed E-state index contributed by atoms with van der Waals surface area (Å²) in [5.41, 5.74) is 0.372. The van der Waals surface area contributed by atoms with E-state index in [-0.39, 0.29) is 28.0 Å². The number of hydrogen-bond donors (Lipinski definition) is 2. The van der Waals surface area contributed by atoms with Crippen LogP contribution < -0.4 is 4.74 Å². The molecule has 0 atom stereocenters. The Morgan fingerprint density at radius 2 is 1.71 bits per heavy atom. The molecule has 2 aromatic rings. The number of hydrogen-bond acceptors (Lipinski definition) is 6. The highest BCUT2D eigenvalue weighted by molar-refractivity contribution is 6.30. The quantitative estimate of drug-likeness (QED) is 0.659. The van der Waals surface area contributed by atoms with Gasteiger partial charge in [0.15, 0.2) is 23.1 Å². The van der Waals surface area contributed by atoms with E-state index in [1.165, 1.54) is 19.4 Å². The van der Waals surface area contributed by atoms with Gasteiger partial charge in [-0.3, -0.25) is 14.6 Å². The van der Waals surface area contributed by atoms with Crippen molar-refractivity contribution in [2.24, 2.45) is 0 Å². The second-order valence-electron chi connectivity index (χ2n) is 4.73. The number of phenolic OH excluding ortho intramolecular Hbond substituents is 2. The monoisotopic (exact) mass is 285 g/mol. The van der Waals surface area contributed by atoms with E-state index in [1.807, 2.05) is 0 Å². The fraction of sp³-hybridized carbons (Fsp3) is 0.133. The molecule has 21 heavy (non-hydrogen) atoms. The van der Waals surface area contributed by atoms with Crippen molar-refractivity contribution in [3.05, 3.63) is 46.3 Å². The fourth-order valence-corrected chi connectivity index (χ4v) is 2.44. The molecule has 1 aromatic heterocycles. The normalized spacial score (nSPS) is 12.9. The van der Waals surface area contributed by atoms with Crippen LogP contribution in [-0.4, -0.2) is 33.9 Å². The van der Waals surface area contributed by atoms with E-state index in [4.69, 9.17) is 4.74 Å². The number of aromatic nitrogens is 1. The first kappa shape index (κ1) is 13.1. The predicted molar refractivity (Wildman–Crippen MR) is 72.2 cm³/mol. The molecular formula is C15H11NO5. The smallest absolute Gasteiger partial charge is 0.199 e. The van der Waals surface area contributed by atoms with Gasteiger partial charge in [0.2, 0.25) is 0 Å². The summed E-state index contributed by atoms with van der Waals surface area (Å²) in [6.45, 7) is 1.69. The standard InChI is InChI=1S/C15H11NO5/c1-6-3-7-8(5-16-6)14(19)11-9(17)4-10(21-2)15(20)12(11)13(7)18/h3-5,17,20H,1-2H3. The summed E-state index contributed by atoms with van der Waals surface area (Å²) in [6.07, 6.45) is 1.30. The third-order valence-corrected chi connectivity index (χ3v) is 3.45. The van der Waals surface area contributed by atoms with Gasteiger partial charge in [-0.05, 0) is 13.0 Å². The van der Waals surface area contributed by atoms with E-state index < -0.39 is 23.1 Å². The van der Waals surface area contributed by atoms with Gasteiger partial charge < -0.3 is 14.9 Å². The topological polar surface area (TPSA) is 96.7 Å². The summed E-state index contributed by atoms with van der Waals surface area (Å²) in [4.78, 5) is 29.0. The molecule has 0 fully saturated rings. The van der Waals surface area contributed by atoms with Crippen LogP contribution in [0.5, 0.6) is 17.2 Å². The molecule has 0 saturated carbocycles. The number of carbonyl (C=O) groups excluding carboxylic acids is 2. The van der Waals surface area contributed by atoms with Crippen LogP contribution in [0.25, 0.3) is 0 Å². The van der Waals surface area contributed by atoms with Crippen LogP contribution in [0.1, 0.15) is 37.5 Å². The van der Waals surface area contributed by atoms with Gasteiger partial charge in [0, 0.05) is 23.5 Å². The van der Waals surface area contributed by atoms with Crippen LogP contribution in [0.3, 0.4) is 0 Å². The number of nitrogens with zero attached hydrogens (tertiary/aromatic N) is 1. The minimum absolute atomic E-state index is 0.0679. The van der Waals surface area contributed by atoms with E-state index in [9.17, 15) is 19.8 Å². The Labute approximate surface area is 119 Å². The Bertz CT molecular complexity index is 810. The number of ketones is 2. The zero-order chi connectivity index (χ0) is 15.3. The summed E-state index contributed by atoms with van der Waals surface area (Å²) >= 11 is 0. The molecule has 0 amide bonds. The Morgan fingerprint density at radius 1 is 1.05 bits per heavy atom. The van der Waals surface area contributed by atoms with E-state index in [2.05, 4.69) is 4.98 Å². The third-order valence-electron chi connectivity index (χ3n) is 3.45. The third kappa shape index (κ3) is 1.69. The summed E-state index contributed by atoms with van der Waals surface area (Å²) in [7, 11) is 1.29. The zero-order valence-electron chi connectivity index (χ0n) is 11.3. The molecular weight excluding hydrogens is 274 g/mol. The lowest BCUT2D eigenvalue weighted by atomic mass is 9.83. The van der Waals surface area contributed by atoms with Crippen molar-refractivity contribution < 1.29 is 24.5 Å². The maximum Gasteiger partial charge on any atom is 0.199 e. The average Bonchev–Trinajstić information content (AvgIpc) is 2.46. The molecule has 0 bridgehead atoms. The van der Waals surface area contributed by atoms with Crippen LogP contribution in [-0.2, 0) is 0 Å². The summed E-state index contributed by atoms with van der Waals surface area (Å²) < 4.78 is 4.90. The van der Waals surface area contributed by atoms with Gasteiger partial charge in [0.05, 0.1) is 23.8 Å². The first-order valence-corrected chi connectivity index (χ1v) is 6.14. The van der Waals surface area contributed by atoms with Crippen LogP contribution >= 0.6 is 0 Å². The predicted octanol–water partition coefficient (Wildman–Crippen LogP) is 1.59. The minimum Gasteiger partial charge on any atom is -0.507 e. The molecule has 1 aliphatic carbocycles. The first-order valence-electron chi connectivity index (χ1n) is 6.14. The molecule has 2 N–H and O–H groups in total. The van der Waals surface area contributed by atoms with Gasteiger partial charge in [-0.1, -0.05) is 0 Å². The van der Waals surface area contributed by atoms with Gasteiger partial charge in [-0.25, -0.2) is 0 Å². The Hall–Kier alpha value is -2.89. The number of aryl methyl sites for hydroxylation is 1. The molecule has 106 valence electrons. The molecule has 0 aliphatic heterocycles. The van der Waals surface area contributed by atoms with Crippen LogP contribution in [0.2, 0.25) is 0 Å². The van der Waals surface area contributed by atoms with Crippen molar-refractivity contribution in [2.75, 3.05) is 7.11 Å². The van der Waals surface area contributed by atoms with Crippen molar-refractivity contribution in [3.63, 3.8) is 0 Å². The number of rotatable bonds is 1. The van der Waals surface area contributed by atoms with Gasteiger partial charge in [0.25, 0.3) is 0 Å². The number of ether oxygens (including phenoxy) is 1. The average molecular weight is 285 g/mol. The van der Waals surface area contributed by atoms with Crippen molar-refractivity contribution in [2.45, 2.75) is 6.92 Å². The lowest BCUT2D eigenvalue weighted by Crippen LogP contribution is -2.22. The number of benzene rings is 1. The van der Waals surface area contributed by atoms with Crippen LogP contribution in [0.15, 0.2) is 18.3 Å². The first-order chi connectivity index (χ1) is 9.95. The molecule has 6 heteroatoms. The summed E-state index contributed by atoms with van der Waals surface area (Å²) in [6, 6.07) is 2.58. The van der Waals surface area contributed by atoms with E-state index >= 15 is 0 Å². The second-order valence-corrected chi connectivity index (χ2v) is 4.73. The van der Waals surface area contributed by atoms with Gasteiger partial charge in [-0.2, -0.15) is 0 Å². The second kappa shape index (κ2) is 4.31. The number of aromatic hydroxyl groups is 2. The maximum absolute atomic E-state index is 12.5.